The van der Waals surface area contributed by atoms with Gasteiger partial charge in [0.2, 0.25) is 0 Å². The summed E-state index contributed by atoms with van der Waals surface area (Å²) in [4.78, 5) is 2.16. The Morgan fingerprint density at radius 1 is 1.39 bits per heavy atom. The molecule has 0 radical (unpaired) electrons. The number of hydrogen-bond donors (Lipinski definition) is 2. The molecule has 0 aliphatic carbocycles. The van der Waals surface area contributed by atoms with E-state index < -0.39 is 11.7 Å². The first-order valence-electron chi connectivity index (χ1n) is 5.78. The Labute approximate surface area is 104 Å². The topological polar surface area (TPSA) is 41.3 Å². The number of hydrogen-bond acceptors (Lipinski definition) is 3. The zero-order valence-electron chi connectivity index (χ0n) is 10.1. The van der Waals surface area contributed by atoms with Crippen molar-refractivity contribution in [3.05, 3.63) is 23.8 Å². The Morgan fingerprint density at radius 2 is 2.11 bits per heavy atom. The number of benzene rings is 1. The highest BCUT2D eigenvalue weighted by molar-refractivity contribution is 5.67. The van der Waals surface area contributed by atoms with Crippen LogP contribution in [0.2, 0.25) is 0 Å². The molecule has 2 rings (SSSR count). The lowest BCUT2D eigenvalue weighted by atomic mass is 10.1. The first-order valence-corrected chi connectivity index (χ1v) is 5.78. The Balaban J connectivity index is 2.10. The molecule has 1 aliphatic heterocycles. The number of likely N-dealkylation sites (N-methyl/N-ethyl adjacent to an activating group) is 1. The fourth-order valence-electron chi connectivity index (χ4n) is 2.14. The maximum absolute atomic E-state index is 12.5. The van der Waals surface area contributed by atoms with Gasteiger partial charge < -0.3 is 16.0 Å². The summed E-state index contributed by atoms with van der Waals surface area (Å²) < 4.78 is 37.4. The van der Waals surface area contributed by atoms with Crippen molar-refractivity contribution in [1.82, 2.24) is 4.90 Å². The summed E-state index contributed by atoms with van der Waals surface area (Å²) in [5.74, 6) is 0. The van der Waals surface area contributed by atoms with Gasteiger partial charge in [0.25, 0.3) is 0 Å². The third-order valence-electron chi connectivity index (χ3n) is 3.13. The van der Waals surface area contributed by atoms with E-state index >= 15 is 0 Å². The van der Waals surface area contributed by atoms with E-state index in [-0.39, 0.29) is 11.7 Å². The van der Waals surface area contributed by atoms with Gasteiger partial charge in [-0.05, 0) is 38.2 Å². The summed E-state index contributed by atoms with van der Waals surface area (Å²) in [5.41, 5.74) is 5.65. The summed E-state index contributed by atoms with van der Waals surface area (Å²) >= 11 is 0. The molecule has 100 valence electrons. The Hall–Kier alpha value is -1.43. The minimum absolute atomic E-state index is 0.138. The van der Waals surface area contributed by atoms with Crippen LogP contribution in [0.4, 0.5) is 24.5 Å². The van der Waals surface area contributed by atoms with Gasteiger partial charge in [0.15, 0.2) is 0 Å². The molecule has 0 amide bonds. The molecule has 1 fully saturated rings. The van der Waals surface area contributed by atoms with Crippen LogP contribution < -0.4 is 11.1 Å². The van der Waals surface area contributed by atoms with Crippen LogP contribution in [0.15, 0.2) is 18.2 Å². The largest absolute Gasteiger partial charge is 0.416 e. The lowest BCUT2D eigenvalue weighted by Crippen LogP contribution is -2.24. The quantitative estimate of drug-likeness (QED) is 0.801. The minimum Gasteiger partial charge on any atom is -0.397 e. The summed E-state index contributed by atoms with van der Waals surface area (Å²) in [6.45, 7) is 1.86. The number of nitrogens with one attached hydrogen (secondary N) is 1. The molecule has 1 unspecified atom stereocenters. The molecule has 1 saturated heterocycles. The number of halogens is 3. The SMILES string of the molecule is CN1CCC(Nc2ccc(C(F)(F)F)cc2N)C1. The lowest BCUT2D eigenvalue weighted by Gasteiger charge is -2.17. The van der Waals surface area contributed by atoms with Crippen molar-refractivity contribution in [1.29, 1.82) is 0 Å². The van der Waals surface area contributed by atoms with Crippen molar-refractivity contribution in [2.45, 2.75) is 18.6 Å². The van der Waals surface area contributed by atoms with Crippen LogP contribution in [0.5, 0.6) is 0 Å². The van der Waals surface area contributed by atoms with Gasteiger partial charge in [0.05, 0.1) is 16.9 Å². The van der Waals surface area contributed by atoms with Crippen LogP contribution >= 0.6 is 0 Å². The van der Waals surface area contributed by atoms with Crippen molar-refractivity contribution in [3.63, 3.8) is 0 Å². The maximum atomic E-state index is 12.5. The zero-order valence-corrected chi connectivity index (χ0v) is 10.1. The van der Waals surface area contributed by atoms with Crippen LogP contribution in [0, 0.1) is 0 Å². The molecule has 1 atom stereocenters. The summed E-state index contributed by atoms with van der Waals surface area (Å²) in [7, 11) is 2.01. The number of alkyl halides is 3. The molecule has 0 aromatic heterocycles. The Kier molecular flexibility index (Phi) is 3.38. The normalized spacial score (nSPS) is 21.2. The van der Waals surface area contributed by atoms with Crippen LogP contribution in [0.1, 0.15) is 12.0 Å². The highest BCUT2D eigenvalue weighted by Crippen LogP contribution is 2.33. The van der Waals surface area contributed by atoms with Crippen LogP contribution in [0.3, 0.4) is 0 Å². The third-order valence-corrected chi connectivity index (χ3v) is 3.13. The molecule has 0 spiro atoms. The average Bonchev–Trinajstić information content (AvgIpc) is 2.65. The monoisotopic (exact) mass is 259 g/mol. The second kappa shape index (κ2) is 4.68. The molecule has 1 aliphatic rings. The van der Waals surface area contributed by atoms with Crippen LogP contribution in [-0.4, -0.2) is 31.1 Å². The molecular formula is C12H16F3N3. The molecule has 3 nitrogen and oxygen atoms in total. The Morgan fingerprint density at radius 3 is 2.61 bits per heavy atom. The van der Waals surface area contributed by atoms with Gasteiger partial charge in [-0.3, -0.25) is 0 Å². The molecule has 0 bridgehead atoms. The van der Waals surface area contributed by atoms with E-state index in [1.54, 1.807) is 0 Å². The molecule has 1 aromatic rings. The molecule has 1 aromatic carbocycles. The second-order valence-electron chi connectivity index (χ2n) is 4.69. The molecule has 3 N–H and O–H groups in total. The number of anilines is 2. The average molecular weight is 259 g/mol. The van der Waals surface area contributed by atoms with Crippen LogP contribution in [0.25, 0.3) is 0 Å². The highest BCUT2D eigenvalue weighted by atomic mass is 19.4. The summed E-state index contributed by atoms with van der Waals surface area (Å²) in [6, 6.07) is 3.67. The van der Waals surface area contributed by atoms with E-state index in [0.717, 1.165) is 31.6 Å². The standard InChI is InChI=1S/C12H16F3N3/c1-18-5-4-9(7-18)17-11-3-2-8(6-10(11)16)12(13,14)15/h2-3,6,9,17H,4-5,7,16H2,1H3. The number of likely N-dealkylation sites (tertiary alicyclic amines) is 1. The fourth-order valence-corrected chi connectivity index (χ4v) is 2.14. The number of rotatable bonds is 2. The molecule has 6 heteroatoms. The Bertz CT molecular complexity index is 431. The molecular weight excluding hydrogens is 243 g/mol. The zero-order chi connectivity index (χ0) is 13.3. The first-order chi connectivity index (χ1) is 8.36. The van der Waals surface area contributed by atoms with E-state index in [1.165, 1.54) is 6.07 Å². The number of nitrogens with two attached hydrogens (primary N) is 1. The lowest BCUT2D eigenvalue weighted by molar-refractivity contribution is -0.137. The third kappa shape index (κ3) is 2.87. The molecule has 18 heavy (non-hydrogen) atoms. The van der Waals surface area contributed by atoms with Crippen molar-refractivity contribution in [2.75, 3.05) is 31.2 Å². The van der Waals surface area contributed by atoms with E-state index in [2.05, 4.69) is 10.2 Å². The van der Waals surface area contributed by atoms with Gasteiger partial charge in [-0.15, -0.1) is 0 Å². The molecule has 1 heterocycles. The van der Waals surface area contributed by atoms with Gasteiger partial charge >= 0.3 is 6.18 Å². The predicted octanol–water partition coefficient (Wildman–Crippen LogP) is 2.40. The van der Waals surface area contributed by atoms with E-state index in [9.17, 15) is 13.2 Å². The van der Waals surface area contributed by atoms with E-state index in [4.69, 9.17) is 5.73 Å². The number of nitrogen functional groups attached to an aromatic ring is 1. The number of nitrogens with zero attached hydrogens (tertiary/aromatic N) is 1. The minimum atomic E-state index is -4.35. The predicted molar refractivity (Wildman–Crippen MR) is 65.4 cm³/mol. The van der Waals surface area contributed by atoms with Crippen LogP contribution in [-0.2, 0) is 6.18 Å². The fraction of sp³-hybridized carbons (Fsp3) is 0.500. The van der Waals surface area contributed by atoms with Crippen molar-refractivity contribution in [3.8, 4) is 0 Å². The van der Waals surface area contributed by atoms with E-state index in [1.807, 2.05) is 7.05 Å². The van der Waals surface area contributed by atoms with Gasteiger partial charge in [0.1, 0.15) is 0 Å². The maximum Gasteiger partial charge on any atom is 0.416 e. The van der Waals surface area contributed by atoms with Gasteiger partial charge in [-0.2, -0.15) is 13.2 Å². The summed E-state index contributed by atoms with van der Waals surface area (Å²) in [6.07, 6.45) is -3.38. The smallest absolute Gasteiger partial charge is 0.397 e. The van der Waals surface area contributed by atoms with Gasteiger partial charge in [-0.1, -0.05) is 0 Å². The van der Waals surface area contributed by atoms with E-state index in [0.29, 0.717) is 5.69 Å². The van der Waals surface area contributed by atoms with Gasteiger partial charge in [0, 0.05) is 12.6 Å². The summed E-state index contributed by atoms with van der Waals surface area (Å²) in [5, 5.41) is 3.18. The first kappa shape index (κ1) is 13.0. The second-order valence-corrected chi connectivity index (χ2v) is 4.69. The molecule has 0 saturated carbocycles. The van der Waals surface area contributed by atoms with Gasteiger partial charge in [-0.25, -0.2) is 0 Å². The van der Waals surface area contributed by atoms with Crippen molar-refractivity contribution in [2.24, 2.45) is 0 Å². The highest BCUT2D eigenvalue weighted by Gasteiger charge is 2.31. The van der Waals surface area contributed by atoms with Crippen molar-refractivity contribution >= 4 is 11.4 Å². The van der Waals surface area contributed by atoms with Crippen molar-refractivity contribution < 1.29 is 13.2 Å².